The minimum atomic E-state index is 0.156. The Labute approximate surface area is 121 Å². The SMILES string of the molecule is CC(=O)N1CCC(NCc2cccc(Br)c2O)CC1. The fraction of sp³-hybridized carbons (Fsp3) is 0.500. The Morgan fingerprint density at radius 3 is 2.79 bits per heavy atom. The molecule has 1 aliphatic heterocycles. The highest BCUT2D eigenvalue weighted by Crippen LogP contribution is 2.27. The number of likely N-dealkylation sites (tertiary alicyclic amines) is 1. The van der Waals surface area contributed by atoms with Crippen LogP contribution in [0.4, 0.5) is 0 Å². The van der Waals surface area contributed by atoms with Gasteiger partial charge in [0.05, 0.1) is 4.47 Å². The molecule has 2 N–H and O–H groups in total. The van der Waals surface area contributed by atoms with Crippen molar-refractivity contribution in [2.24, 2.45) is 0 Å². The second kappa shape index (κ2) is 6.39. The molecule has 1 aromatic carbocycles. The van der Waals surface area contributed by atoms with Crippen molar-refractivity contribution in [3.05, 3.63) is 28.2 Å². The molecule has 0 radical (unpaired) electrons. The number of piperidine rings is 1. The number of carbonyl (C=O) groups excluding carboxylic acids is 1. The molecule has 104 valence electrons. The van der Waals surface area contributed by atoms with E-state index in [9.17, 15) is 9.90 Å². The Morgan fingerprint density at radius 1 is 1.47 bits per heavy atom. The number of nitrogens with one attached hydrogen (secondary N) is 1. The Hall–Kier alpha value is -1.07. The summed E-state index contributed by atoms with van der Waals surface area (Å²) >= 11 is 3.31. The molecule has 0 unspecified atom stereocenters. The fourth-order valence-corrected chi connectivity index (χ4v) is 2.76. The molecule has 1 aliphatic rings. The van der Waals surface area contributed by atoms with E-state index >= 15 is 0 Å². The third kappa shape index (κ3) is 3.70. The van der Waals surface area contributed by atoms with Gasteiger partial charge in [-0.05, 0) is 34.8 Å². The Kier molecular flexibility index (Phi) is 4.82. The van der Waals surface area contributed by atoms with Crippen LogP contribution >= 0.6 is 15.9 Å². The number of phenols is 1. The molecule has 1 saturated heterocycles. The molecule has 2 rings (SSSR count). The first-order chi connectivity index (χ1) is 9.08. The van der Waals surface area contributed by atoms with E-state index in [0.717, 1.165) is 36.0 Å². The van der Waals surface area contributed by atoms with Crippen LogP contribution in [-0.2, 0) is 11.3 Å². The lowest BCUT2D eigenvalue weighted by Gasteiger charge is -2.31. The first-order valence-corrected chi connectivity index (χ1v) is 7.32. The summed E-state index contributed by atoms with van der Waals surface area (Å²) in [6, 6.07) is 6.07. The molecule has 1 amide bonds. The normalized spacial score (nSPS) is 16.6. The monoisotopic (exact) mass is 326 g/mol. The third-order valence-electron chi connectivity index (χ3n) is 3.59. The number of nitrogens with zero attached hydrogens (tertiary/aromatic N) is 1. The number of benzene rings is 1. The third-order valence-corrected chi connectivity index (χ3v) is 4.23. The van der Waals surface area contributed by atoms with Crippen molar-refractivity contribution < 1.29 is 9.90 Å². The number of halogens is 1. The Morgan fingerprint density at radius 2 is 2.16 bits per heavy atom. The first-order valence-electron chi connectivity index (χ1n) is 6.53. The average Bonchev–Trinajstić information content (AvgIpc) is 2.41. The van der Waals surface area contributed by atoms with E-state index < -0.39 is 0 Å². The summed E-state index contributed by atoms with van der Waals surface area (Å²) in [6.45, 7) is 3.90. The molecule has 1 fully saturated rings. The van der Waals surface area contributed by atoms with E-state index in [4.69, 9.17) is 0 Å². The van der Waals surface area contributed by atoms with Crippen molar-refractivity contribution in [1.29, 1.82) is 0 Å². The summed E-state index contributed by atoms with van der Waals surface area (Å²) in [7, 11) is 0. The number of para-hydroxylation sites is 1. The number of carbonyl (C=O) groups is 1. The zero-order valence-corrected chi connectivity index (χ0v) is 12.6. The zero-order valence-electron chi connectivity index (χ0n) is 11.0. The maximum Gasteiger partial charge on any atom is 0.219 e. The van der Waals surface area contributed by atoms with Crippen molar-refractivity contribution in [3.8, 4) is 5.75 Å². The van der Waals surface area contributed by atoms with Gasteiger partial charge in [0.25, 0.3) is 0 Å². The summed E-state index contributed by atoms with van der Waals surface area (Å²) in [5.41, 5.74) is 0.892. The molecule has 0 spiro atoms. The zero-order chi connectivity index (χ0) is 13.8. The molecule has 0 saturated carbocycles. The van der Waals surface area contributed by atoms with Gasteiger partial charge in [0.1, 0.15) is 5.75 Å². The lowest BCUT2D eigenvalue weighted by molar-refractivity contribution is -0.129. The Bertz CT molecular complexity index is 457. The number of hydrogen-bond donors (Lipinski definition) is 2. The maximum atomic E-state index is 11.2. The molecule has 0 atom stereocenters. The number of hydrogen-bond acceptors (Lipinski definition) is 3. The van der Waals surface area contributed by atoms with Crippen LogP contribution in [0.25, 0.3) is 0 Å². The molecular weight excluding hydrogens is 308 g/mol. The van der Waals surface area contributed by atoms with Gasteiger partial charge in [-0.3, -0.25) is 4.79 Å². The van der Waals surface area contributed by atoms with Crippen LogP contribution in [0.15, 0.2) is 22.7 Å². The van der Waals surface area contributed by atoms with Crippen LogP contribution < -0.4 is 5.32 Å². The van der Waals surface area contributed by atoms with E-state index in [1.807, 2.05) is 23.1 Å². The van der Waals surface area contributed by atoms with Crippen molar-refractivity contribution in [3.63, 3.8) is 0 Å². The van der Waals surface area contributed by atoms with Gasteiger partial charge < -0.3 is 15.3 Å². The molecule has 5 heteroatoms. The molecule has 1 aromatic rings. The quantitative estimate of drug-likeness (QED) is 0.895. The van der Waals surface area contributed by atoms with E-state index in [0.29, 0.717) is 18.3 Å². The van der Waals surface area contributed by atoms with E-state index in [2.05, 4.69) is 21.2 Å². The molecule has 0 aliphatic carbocycles. The topological polar surface area (TPSA) is 52.6 Å². The van der Waals surface area contributed by atoms with Crippen LogP contribution in [-0.4, -0.2) is 35.0 Å². The highest BCUT2D eigenvalue weighted by molar-refractivity contribution is 9.10. The maximum absolute atomic E-state index is 11.2. The van der Waals surface area contributed by atoms with Crippen LogP contribution in [0.3, 0.4) is 0 Å². The molecule has 4 nitrogen and oxygen atoms in total. The standard InChI is InChI=1S/C14H19BrN2O2/c1-10(18)17-7-5-12(6-8-17)16-9-11-3-2-4-13(15)14(11)19/h2-4,12,16,19H,5-9H2,1H3. The van der Waals surface area contributed by atoms with Gasteiger partial charge in [0, 0.05) is 38.2 Å². The van der Waals surface area contributed by atoms with Gasteiger partial charge in [-0.15, -0.1) is 0 Å². The van der Waals surface area contributed by atoms with Crippen LogP contribution in [0.1, 0.15) is 25.3 Å². The highest BCUT2D eigenvalue weighted by Gasteiger charge is 2.20. The minimum absolute atomic E-state index is 0.156. The summed E-state index contributed by atoms with van der Waals surface area (Å²) in [4.78, 5) is 13.1. The number of rotatable bonds is 3. The van der Waals surface area contributed by atoms with Gasteiger partial charge in [-0.2, -0.15) is 0 Å². The van der Waals surface area contributed by atoms with E-state index in [1.165, 1.54) is 0 Å². The van der Waals surface area contributed by atoms with Crippen molar-refractivity contribution in [2.75, 3.05) is 13.1 Å². The largest absolute Gasteiger partial charge is 0.506 e. The lowest BCUT2D eigenvalue weighted by atomic mass is 10.0. The van der Waals surface area contributed by atoms with Gasteiger partial charge in [0.15, 0.2) is 0 Å². The highest BCUT2D eigenvalue weighted by atomic mass is 79.9. The van der Waals surface area contributed by atoms with Gasteiger partial charge >= 0.3 is 0 Å². The first kappa shape index (κ1) is 14.3. The average molecular weight is 327 g/mol. The predicted octanol–water partition coefficient (Wildman–Crippen LogP) is 2.26. The van der Waals surface area contributed by atoms with E-state index in [-0.39, 0.29) is 5.91 Å². The molecular formula is C14H19BrN2O2. The molecule has 0 bridgehead atoms. The van der Waals surface area contributed by atoms with E-state index in [1.54, 1.807) is 6.92 Å². The summed E-state index contributed by atoms with van der Waals surface area (Å²) in [6.07, 6.45) is 1.93. The number of amides is 1. The molecule has 0 aromatic heterocycles. The van der Waals surface area contributed by atoms with Crippen molar-refractivity contribution >= 4 is 21.8 Å². The smallest absolute Gasteiger partial charge is 0.219 e. The van der Waals surface area contributed by atoms with Gasteiger partial charge in [-0.25, -0.2) is 0 Å². The minimum Gasteiger partial charge on any atom is -0.506 e. The van der Waals surface area contributed by atoms with Crippen LogP contribution in [0.2, 0.25) is 0 Å². The van der Waals surface area contributed by atoms with Gasteiger partial charge in [-0.1, -0.05) is 12.1 Å². The fourth-order valence-electron chi connectivity index (χ4n) is 2.36. The number of phenolic OH excluding ortho intramolecular Hbond substituents is 1. The van der Waals surface area contributed by atoms with Crippen molar-refractivity contribution in [2.45, 2.75) is 32.4 Å². The molecule has 1 heterocycles. The predicted molar refractivity (Wildman–Crippen MR) is 77.9 cm³/mol. The second-order valence-corrected chi connectivity index (χ2v) is 5.76. The van der Waals surface area contributed by atoms with Crippen molar-refractivity contribution in [1.82, 2.24) is 10.2 Å². The molecule has 19 heavy (non-hydrogen) atoms. The lowest BCUT2D eigenvalue weighted by Crippen LogP contribution is -2.43. The van der Waals surface area contributed by atoms with Gasteiger partial charge in [0.2, 0.25) is 5.91 Å². The second-order valence-electron chi connectivity index (χ2n) is 4.91. The van der Waals surface area contributed by atoms with Crippen LogP contribution in [0.5, 0.6) is 5.75 Å². The summed E-state index contributed by atoms with van der Waals surface area (Å²) in [5.74, 6) is 0.458. The summed E-state index contributed by atoms with van der Waals surface area (Å²) < 4.78 is 0.721. The Balaban J connectivity index is 1.84. The van der Waals surface area contributed by atoms with Crippen LogP contribution in [0, 0.1) is 0 Å². The number of aromatic hydroxyl groups is 1. The summed E-state index contributed by atoms with van der Waals surface area (Å²) in [5, 5.41) is 13.3.